The van der Waals surface area contributed by atoms with Crippen molar-refractivity contribution in [3.63, 3.8) is 0 Å². The lowest BCUT2D eigenvalue weighted by atomic mass is 10.2. The molecule has 3 aromatic rings. The molecule has 0 bridgehead atoms. The van der Waals surface area contributed by atoms with E-state index >= 15 is 0 Å². The molecule has 0 spiro atoms. The van der Waals surface area contributed by atoms with Gasteiger partial charge in [0.05, 0.1) is 17.1 Å². The maximum Gasteiger partial charge on any atom is 0.249 e. The van der Waals surface area contributed by atoms with Crippen LogP contribution in [0.4, 0.5) is 5.82 Å². The van der Waals surface area contributed by atoms with Gasteiger partial charge in [-0.1, -0.05) is 48.5 Å². The number of H-pyrrole nitrogens is 1. The van der Waals surface area contributed by atoms with E-state index in [4.69, 9.17) is 0 Å². The van der Waals surface area contributed by atoms with E-state index in [1.165, 1.54) is 10.4 Å². The number of hydrogen-bond acceptors (Lipinski definition) is 4. The second-order valence-electron chi connectivity index (χ2n) is 6.80. The van der Waals surface area contributed by atoms with Gasteiger partial charge in [-0.05, 0) is 30.2 Å². The van der Waals surface area contributed by atoms with Crippen LogP contribution in [0.25, 0.3) is 6.08 Å². The summed E-state index contributed by atoms with van der Waals surface area (Å²) in [5, 5.41) is 9.69. The smallest absolute Gasteiger partial charge is 0.249 e. The summed E-state index contributed by atoms with van der Waals surface area (Å²) in [4.78, 5) is 12.5. The Kier molecular flexibility index (Phi) is 5.04. The average molecular weight is 408 g/mol. The molecule has 2 heterocycles. The predicted molar refractivity (Wildman–Crippen MR) is 110 cm³/mol. The summed E-state index contributed by atoms with van der Waals surface area (Å²) < 4.78 is 27.4. The quantitative estimate of drug-likeness (QED) is 0.634. The van der Waals surface area contributed by atoms with Gasteiger partial charge in [-0.15, -0.1) is 0 Å². The lowest BCUT2D eigenvalue weighted by Gasteiger charge is -2.17. The first-order valence-corrected chi connectivity index (χ1v) is 10.5. The minimum atomic E-state index is -3.64. The van der Waals surface area contributed by atoms with Crippen LogP contribution < -0.4 is 5.32 Å². The first-order valence-electron chi connectivity index (χ1n) is 9.11. The van der Waals surface area contributed by atoms with Crippen molar-refractivity contribution in [2.45, 2.75) is 24.9 Å². The SMILES string of the molecule is Cc1ccccc1S(=O)(=O)N1Cc2[nH]nc(NC(=O)/C=C\c3ccccc3)c2C1. The number of carbonyl (C=O) groups is 1. The van der Waals surface area contributed by atoms with Crippen molar-refractivity contribution in [3.05, 3.63) is 83.1 Å². The van der Waals surface area contributed by atoms with E-state index in [1.807, 2.05) is 30.3 Å². The number of anilines is 1. The molecule has 0 aliphatic carbocycles. The minimum Gasteiger partial charge on any atom is -0.305 e. The topological polar surface area (TPSA) is 95.2 Å². The largest absolute Gasteiger partial charge is 0.305 e. The van der Waals surface area contributed by atoms with Crippen LogP contribution in [0, 0.1) is 6.92 Å². The molecule has 1 aliphatic rings. The molecular formula is C21H20N4O3S. The Hall–Kier alpha value is -3.23. The van der Waals surface area contributed by atoms with Gasteiger partial charge < -0.3 is 5.32 Å². The lowest BCUT2D eigenvalue weighted by molar-refractivity contribution is -0.111. The predicted octanol–water partition coefficient (Wildman–Crippen LogP) is 3.07. The summed E-state index contributed by atoms with van der Waals surface area (Å²) in [5.74, 6) is 0.0218. The van der Waals surface area contributed by atoms with Crippen molar-refractivity contribution in [3.8, 4) is 0 Å². The van der Waals surface area contributed by atoms with Crippen molar-refractivity contribution >= 4 is 27.8 Å². The van der Waals surface area contributed by atoms with Crippen LogP contribution in [0.5, 0.6) is 0 Å². The van der Waals surface area contributed by atoms with Gasteiger partial charge in [-0.2, -0.15) is 9.40 Å². The maximum atomic E-state index is 13.0. The number of nitrogens with one attached hydrogen (secondary N) is 2. The number of carbonyl (C=O) groups excluding carboxylic acids is 1. The molecule has 0 unspecified atom stereocenters. The number of fused-ring (bicyclic) bond motifs is 1. The number of benzene rings is 2. The zero-order valence-corrected chi connectivity index (χ0v) is 16.6. The number of amides is 1. The van der Waals surface area contributed by atoms with Gasteiger partial charge in [0.2, 0.25) is 15.9 Å². The summed E-state index contributed by atoms with van der Waals surface area (Å²) in [6.07, 6.45) is 3.13. The molecule has 1 amide bonds. The number of rotatable bonds is 5. The third-order valence-corrected chi connectivity index (χ3v) is 6.75. The highest BCUT2D eigenvalue weighted by molar-refractivity contribution is 7.89. The van der Waals surface area contributed by atoms with Crippen LogP contribution in [0.3, 0.4) is 0 Å². The molecule has 8 heteroatoms. The van der Waals surface area contributed by atoms with Crippen LogP contribution in [-0.2, 0) is 27.9 Å². The van der Waals surface area contributed by atoms with Gasteiger partial charge in [0.1, 0.15) is 0 Å². The molecule has 29 heavy (non-hydrogen) atoms. The van der Waals surface area contributed by atoms with Crippen LogP contribution in [-0.4, -0.2) is 28.8 Å². The van der Waals surface area contributed by atoms with Crippen molar-refractivity contribution in [1.29, 1.82) is 0 Å². The van der Waals surface area contributed by atoms with E-state index in [2.05, 4.69) is 15.5 Å². The Morgan fingerprint density at radius 1 is 1.10 bits per heavy atom. The number of aromatic amines is 1. The summed E-state index contributed by atoms with van der Waals surface area (Å²) in [7, 11) is -3.64. The average Bonchev–Trinajstić information content (AvgIpc) is 3.30. The van der Waals surface area contributed by atoms with E-state index in [-0.39, 0.29) is 23.9 Å². The second-order valence-corrected chi connectivity index (χ2v) is 8.71. The number of nitrogens with zero attached hydrogens (tertiary/aromatic N) is 2. The van der Waals surface area contributed by atoms with Crippen molar-refractivity contribution in [2.24, 2.45) is 0 Å². The van der Waals surface area contributed by atoms with Crippen molar-refractivity contribution in [2.75, 3.05) is 5.32 Å². The van der Waals surface area contributed by atoms with Gasteiger partial charge in [0, 0.05) is 18.2 Å². The van der Waals surface area contributed by atoms with Crippen LogP contribution >= 0.6 is 0 Å². The molecule has 1 aliphatic heterocycles. The third-order valence-electron chi connectivity index (χ3n) is 4.80. The van der Waals surface area contributed by atoms with Crippen LogP contribution in [0.2, 0.25) is 0 Å². The maximum absolute atomic E-state index is 13.0. The standard InChI is InChI=1S/C21H20N4O3S/c1-15-7-5-6-10-19(15)29(27,28)25-13-17-18(14-25)23-24-21(17)22-20(26)12-11-16-8-3-2-4-9-16/h2-12H,13-14H2,1H3,(H2,22,23,24,26)/b12-11-. The second kappa shape index (κ2) is 7.65. The molecule has 2 aromatic carbocycles. The third kappa shape index (κ3) is 3.85. The fraction of sp³-hybridized carbons (Fsp3) is 0.143. The molecular weight excluding hydrogens is 388 g/mol. The Labute approximate surface area is 169 Å². The molecule has 4 rings (SSSR count). The summed E-state index contributed by atoms with van der Waals surface area (Å²) >= 11 is 0. The van der Waals surface area contributed by atoms with Gasteiger partial charge in [-0.25, -0.2) is 8.42 Å². The van der Waals surface area contributed by atoms with Crippen LogP contribution in [0.15, 0.2) is 65.6 Å². The molecule has 0 saturated carbocycles. The highest BCUT2D eigenvalue weighted by atomic mass is 32.2. The molecule has 1 aromatic heterocycles. The number of hydrogen-bond donors (Lipinski definition) is 2. The fourth-order valence-electron chi connectivity index (χ4n) is 3.26. The lowest BCUT2D eigenvalue weighted by Crippen LogP contribution is -2.27. The first-order chi connectivity index (χ1) is 13.9. The zero-order chi connectivity index (χ0) is 20.4. The van der Waals surface area contributed by atoms with E-state index in [1.54, 1.807) is 37.3 Å². The molecule has 2 N–H and O–H groups in total. The van der Waals surface area contributed by atoms with E-state index in [0.29, 0.717) is 22.6 Å². The first kappa shape index (κ1) is 19.1. The van der Waals surface area contributed by atoms with E-state index in [0.717, 1.165) is 5.56 Å². The molecule has 0 fully saturated rings. The number of aromatic nitrogens is 2. The fourth-order valence-corrected chi connectivity index (χ4v) is 4.87. The number of aryl methyl sites for hydroxylation is 1. The highest BCUT2D eigenvalue weighted by Gasteiger charge is 2.34. The van der Waals surface area contributed by atoms with Gasteiger partial charge in [-0.3, -0.25) is 9.89 Å². The molecule has 0 saturated heterocycles. The molecule has 0 radical (unpaired) electrons. The van der Waals surface area contributed by atoms with Gasteiger partial charge in [0.15, 0.2) is 5.82 Å². The van der Waals surface area contributed by atoms with Crippen LogP contribution in [0.1, 0.15) is 22.4 Å². The summed E-state index contributed by atoms with van der Waals surface area (Å²) in [6, 6.07) is 16.4. The van der Waals surface area contributed by atoms with Gasteiger partial charge >= 0.3 is 0 Å². The Bertz CT molecular complexity index is 1180. The van der Waals surface area contributed by atoms with Crippen molar-refractivity contribution < 1.29 is 13.2 Å². The number of sulfonamides is 1. The summed E-state index contributed by atoms with van der Waals surface area (Å²) in [6.45, 7) is 2.11. The van der Waals surface area contributed by atoms with Crippen molar-refractivity contribution in [1.82, 2.24) is 14.5 Å². The summed E-state index contributed by atoms with van der Waals surface area (Å²) in [5.41, 5.74) is 2.97. The highest BCUT2D eigenvalue weighted by Crippen LogP contribution is 2.32. The van der Waals surface area contributed by atoms with Gasteiger partial charge in [0.25, 0.3) is 0 Å². The molecule has 148 valence electrons. The van der Waals surface area contributed by atoms with E-state index in [9.17, 15) is 13.2 Å². The molecule has 7 nitrogen and oxygen atoms in total. The minimum absolute atomic E-state index is 0.153. The monoisotopic (exact) mass is 408 g/mol. The zero-order valence-electron chi connectivity index (χ0n) is 15.8. The Morgan fingerprint density at radius 3 is 2.59 bits per heavy atom. The Balaban J connectivity index is 1.49. The normalized spacial score (nSPS) is 14.2. The molecule has 0 atom stereocenters. The van der Waals surface area contributed by atoms with E-state index < -0.39 is 10.0 Å². The Morgan fingerprint density at radius 2 is 1.83 bits per heavy atom.